The van der Waals surface area contributed by atoms with Gasteiger partial charge in [0.25, 0.3) is 0 Å². The van der Waals surface area contributed by atoms with Gasteiger partial charge in [0.1, 0.15) is 5.84 Å². The molecule has 2 rings (SSSR count). The Labute approximate surface area is 105 Å². The molecule has 4 N–H and O–H groups in total. The second-order valence-electron chi connectivity index (χ2n) is 3.65. The van der Waals surface area contributed by atoms with Gasteiger partial charge in [-0.3, -0.25) is 4.79 Å². The van der Waals surface area contributed by atoms with Gasteiger partial charge in [0.2, 0.25) is 5.91 Å². The number of fused-ring (bicyclic) bond motifs is 1. The Balaban J connectivity index is 2.06. The fraction of sp³-hybridized carbons (Fsp3) is 0.200. The monoisotopic (exact) mass is 273 g/mol. The zero-order chi connectivity index (χ0) is 14.0. The van der Waals surface area contributed by atoms with E-state index in [1.54, 1.807) is 0 Å². The first kappa shape index (κ1) is 12.9. The molecule has 0 aromatic heterocycles. The molecular weight excluding hydrogens is 264 g/mol. The van der Waals surface area contributed by atoms with E-state index >= 15 is 0 Å². The van der Waals surface area contributed by atoms with Gasteiger partial charge >= 0.3 is 6.29 Å². The first-order valence-corrected chi connectivity index (χ1v) is 5.06. The number of amidine groups is 1. The largest absolute Gasteiger partial charge is 0.586 e. The lowest BCUT2D eigenvalue weighted by atomic mass is 10.2. The number of alkyl halides is 2. The summed E-state index contributed by atoms with van der Waals surface area (Å²) in [5.41, 5.74) is 5.37. The fourth-order valence-electron chi connectivity index (χ4n) is 1.43. The van der Waals surface area contributed by atoms with Crippen LogP contribution in [0.3, 0.4) is 0 Å². The van der Waals surface area contributed by atoms with Crippen LogP contribution in [0.1, 0.15) is 6.42 Å². The van der Waals surface area contributed by atoms with Crippen LogP contribution in [-0.4, -0.2) is 23.2 Å². The van der Waals surface area contributed by atoms with Crippen LogP contribution < -0.4 is 20.5 Å². The van der Waals surface area contributed by atoms with E-state index in [0.717, 1.165) is 0 Å². The molecule has 1 aromatic rings. The zero-order valence-corrected chi connectivity index (χ0v) is 9.39. The van der Waals surface area contributed by atoms with Crippen molar-refractivity contribution in [2.45, 2.75) is 12.7 Å². The maximum Gasteiger partial charge on any atom is 0.586 e. The van der Waals surface area contributed by atoms with E-state index in [9.17, 15) is 13.6 Å². The Morgan fingerprint density at radius 1 is 1.42 bits per heavy atom. The third kappa shape index (κ3) is 3.00. The SMILES string of the molecule is N/C(CC(=O)Nc1ccc2c(c1)OC(F)(F)O2)=N\O. The summed E-state index contributed by atoms with van der Waals surface area (Å²) in [6.45, 7) is 0. The predicted molar refractivity (Wildman–Crippen MR) is 59.3 cm³/mol. The Bertz CT molecular complexity index is 548. The van der Waals surface area contributed by atoms with Crippen LogP contribution in [-0.2, 0) is 4.79 Å². The Morgan fingerprint density at radius 2 is 2.11 bits per heavy atom. The van der Waals surface area contributed by atoms with Crippen molar-refractivity contribution < 1.29 is 28.3 Å². The molecule has 19 heavy (non-hydrogen) atoms. The minimum Gasteiger partial charge on any atom is -0.409 e. The molecule has 1 heterocycles. The summed E-state index contributed by atoms with van der Waals surface area (Å²) >= 11 is 0. The van der Waals surface area contributed by atoms with Crippen LogP contribution in [0.2, 0.25) is 0 Å². The van der Waals surface area contributed by atoms with Crippen molar-refractivity contribution in [3.8, 4) is 11.5 Å². The summed E-state index contributed by atoms with van der Waals surface area (Å²) in [6, 6.07) is 3.77. The van der Waals surface area contributed by atoms with Crippen LogP contribution in [0.5, 0.6) is 11.5 Å². The summed E-state index contributed by atoms with van der Waals surface area (Å²) in [4.78, 5) is 11.4. The van der Waals surface area contributed by atoms with Gasteiger partial charge in [-0.1, -0.05) is 5.16 Å². The second-order valence-corrected chi connectivity index (χ2v) is 3.65. The lowest BCUT2D eigenvalue weighted by Crippen LogP contribution is -2.25. The highest BCUT2D eigenvalue weighted by atomic mass is 19.3. The van der Waals surface area contributed by atoms with E-state index in [0.29, 0.717) is 0 Å². The van der Waals surface area contributed by atoms with E-state index in [1.165, 1.54) is 18.2 Å². The molecule has 0 atom stereocenters. The molecule has 0 saturated heterocycles. The van der Waals surface area contributed by atoms with Crippen molar-refractivity contribution >= 4 is 17.4 Å². The van der Waals surface area contributed by atoms with Crippen molar-refractivity contribution in [3.05, 3.63) is 18.2 Å². The molecular formula is C10H9F2N3O4. The van der Waals surface area contributed by atoms with Crippen molar-refractivity contribution in [1.82, 2.24) is 0 Å². The number of carbonyl (C=O) groups excluding carboxylic acids is 1. The molecule has 1 aliphatic rings. The van der Waals surface area contributed by atoms with Crippen molar-refractivity contribution in [3.63, 3.8) is 0 Å². The van der Waals surface area contributed by atoms with Gasteiger partial charge < -0.3 is 25.7 Å². The number of nitrogens with one attached hydrogen (secondary N) is 1. The maximum absolute atomic E-state index is 12.8. The van der Waals surface area contributed by atoms with Gasteiger partial charge in [-0.05, 0) is 12.1 Å². The van der Waals surface area contributed by atoms with Crippen LogP contribution >= 0.6 is 0 Å². The Morgan fingerprint density at radius 3 is 2.79 bits per heavy atom. The molecule has 1 amide bonds. The third-order valence-corrected chi connectivity index (χ3v) is 2.16. The molecule has 1 aliphatic heterocycles. The third-order valence-electron chi connectivity index (χ3n) is 2.16. The normalized spacial score (nSPS) is 16.2. The summed E-state index contributed by atoms with van der Waals surface area (Å²) in [5.74, 6) is -1.16. The van der Waals surface area contributed by atoms with Gasteiger partial charge in [-0.25, -0.2) is 0 Å². The van der Waals surface area contributed by atoms with Crippen molar-refractivity contribution in [2.75, 3.05) is 5.32 Å². The predicted octanol–water partition coefficient (Wildman–Crippen LogP) is 1.08. The minimum atomic E-state index is -3.71. The maximum atomic E-state index is 12.8. The number of carbonyl (C=O) groups is 1. The Kier molecular flexibility index (Phi) is 3.11. The number of benzene rings is 1. The van der Waals surface area contributed by atoms with Crippen molar-refractivity contribution in [2.24, 2.45) is 10.9 Å². The number of ether oxygens (including phenoxy) is 2. The molecule has 0 radical (unpaired) electrons. The lowest BCUT2D eigenvalue weighted by molar-refractivity contribution is -0.286. The number of anilines is 1. The number of oxime groups is 1. The zero-order valence-electron chi connectivity index (χ0n) is 9.39. The second kappa shape index (κ2) is 4.59. The number of amides is 1. The average molecular weight is 273 g/mol. The van der Waals surface area contributed by atoms with Crippen molar-refractivity contribution in [1.29, 1.82) is 0 Å². The number of hydrogen-bond acceptors (Lipinski definition) is 5. The number of rotatable bonds is 3. The Hall–Kier alpha value is -2.58. The molecule has 9 heteroatoms. The molecule has 0 saturated carbocycles. The highest BCUT2D eigenvalue weighted by Gasteiger charge is 2.43. The van der Waals surface area contributed by atoms with Gasteiger partial charge in [-0.2, -0.15) is 0 Å². The van der Waals surface area contributed by atoms with Crippen LogP contribution in [0, 0.1) is 0 Å². The molecule has 102 valence electrons. The number of halogens is 2. The fourth-order valence-corrected chi connectivity index (χ4v) is 1.43. The van der Waals surface area contributed by atoms with E-state index in [4.69, 9.17) is 10.9 Å². The molecule has 1 aromatic carbocycles. The smallest absolute Gasteiger partial charge is 0.409 e. The standard InChI is InChI=1S/C10H9F2N3O4/c11-10(12)18-6-2-1-5(3-7(6)19-10)14-9(16)4-8(13)15-17/h1-3,17H,4H2,(H2,13,15)(H,14,16). The average Bonchev–Trinajstić information content (AvgIpc) is 2.61. The summed E-state index contributed by atoms with van der Waals surface area (Å²) < 4.78 is 33.9. The number of nitrogens with zero attached hydrogens (tertiary/aromatic N) is 1. The lowest BCUT2D eigenvalue weighted by Gasteiger charge is -2.05. The summed E-state index contributed by atoms with van der Waals surface area (Å²) in [5, 5.41) is 13.3. The van der Waals surface area contributed by atoms with Crippen LogP contribution in [0.25, 0.3) is 0 Å². The molecule has 0 bridgehead atoms. The van der Waals surface area contributed by atoms with Crippen LogP contribution in [0.15, 0.2) is 23.4 Å². The number of nitrogens with two attached hydrogens (primary N) is 1. The molecule has 7 nitrogen and oxygen atoms in total. The highest BCUT2D eigenvalue weighted by Crippen LogP contribution is 2.42. The minimum absolute atomic E-state index is 0.126. The topological polar surface area (TPSA) is 106 Å². The van der Waals surface area contributed by atoms with E-state index in [2.05, 4.69) is 19.9 Å². The van der Waals surface area contributed by atoms with E-state index in [-0.39, 0.29) is 29.4 Å². The van der Waals surface area contributed by atoms with Gasteiger partial charge in [0, 0.05) is 11.8 Å². The molecule has 0 fully saturated rings. The van der Waals surface area contributed by atoms with Gasteiger partial charge in [-0.15, -0.1) is 8.78 Å². The first-order valence-electron chi connectivity index (χ1n) is 5.06. The van der Waals surface area contributed by atoms with Gasteiger partial charge in [0.05, 0.1) is 6.42 Å². The molecule has 0 unspecified atom stereocenters. The van der Waals surface area contributed by atoms with Crippen LogP contribution in [0.4, 0.5) is 14.5 Å². The summed E-state index contributed by atoms with van der Waals surface area (Å²) in [7, 11) is 0. The number of hydrogen-bond donors (Lipinski definition) is 3. The molecule has 0 aliphatic carbocycles. The highest BCUT2D eigenvalue weighted by molar-refractivity contribution is 6.04. The quantitative estimate of drug-likeness (QED) is 0.331. The molecule has 0 spiro atoms. The van der Waals surface area contributed by atoms with Gasteiger partial charge in [0.15, 0.2) is 11.5 Å². The summed E-state index contributed by atoms with van der Waals surface area (Å²) in [6.07, 6.45) is -4.04. The van der Waals surface area contributed by atoms with E-state index < -0.39 is 12.2 Å². The first-order chi connectivity index (χ1) is 8.89. The van der Waals surface area contributed by atoms with E-state index in [1.807, 2.05) is 0 Å².